The van der Waals surface area contributed by atoms with Crippen molar-refractivity contribution in [2.75, 3.05) is 13.2 Å². The van der Waals surface area contributed by atoms with Gasteiger partial charge in [-0.1, -0.05) is 41.5 Å². The van der Waals surface area contributed by atoms with Crippen LogP contribution in [0, 0.1) is 11.8 Å². The van der Waals surface area contributed by atoms with Gasteiger partial charge in [-0.25, -0.2) is 0 Å². The first-order valence-electron chi connectivity index (χ1n) is 10.2. The molecule has 0 aromatic rings. The number of hydrogen-bond donors (Lipinski definition) is 0. The second-order valence-corrected chi connectivity index (χ2v) is 16.4. The molecule has 5 nitrogen and oxygen atoms in total. The van der Waals surface area contributed by atoms with Gasteiger partial charge in [-0.15, -0.1) is 0 Å². The molecule has 0 bridgehead atoms. The lowest BCUT2D eigenvalue weighted by molar-refractivity contribution is -0.125. The number of rotatable bonds is 12. The monoisotopic (exact) mass is 422 g/mol. The molecule has 27 heavy (non-hydrogen) atoms. The fraction of sp³-hybridized carbons (Fsp3) is 0.950. The summed E-state index contributed by atoms with van der Waals surface area (Å²) in [6, 6.07) is 0. The van der Waals surface area contributed by atoms with Gasteiger partial charge in [-0.2, -0.15) is 0 Å². The molecular formula is C20H43O5PSi. The Labute approximate surface area is 168 Å². The van der Waals surface area contributed by atoms with E-state index in [2.05, 4.69) is 47.7 Å². The van der Waals surface area contributed by atoms with Crippen molar-refractivity contribution in [3.8, 4) is 0 Å². The number of ketones is 1. The average Bonchev–Trinajstić information content (AvgIpc) is 2.50. The maximum absolute atomic E-state index is 13.2. The summed E-state index contributed by atoms with van der Waals surface area (Å²) < 4.78 is 30.5. The molecule has 0 aliphatic rings. The number of Topliss-reactive ketones (excluding diaryl/α,β-unsaturated/α-hetero) is 1. The van der Waals surface area contributed by atoms with Gasteiger partial charge in [0.15, 0.2) is 14.1 Å². The topological polar surface area (TPSA) is 61.8 Å². The second kappa shape index (κ2) is 10.7. The summed E-state index contributed by atoms with van der Waals surface area (Å²) in [4.78, 5) is 13.2. The lowest BCUT2D eigenvalue weighted by Gasteiger charge is -2.41. The Kier molecular flexibility index (Phi) is 10.7. The fourth-order valence-electron chi connectivity index (χ4n) is 2.71. The third-order valence-corrected chi connectivity index (χ3v) is 12.4. The molecule has 162 valence electrons. The Bertz CT molecular complexity index is 503. The van der Waals surface area contributed by atoms with Gasteiger partial charge < -0.3 is 13.5 Å². The van der Waals surface area contributed by atoms with Gasteiger partial charge in [-0.05, 0) is 51.2 Å². The first-order valence-corrected chi connectivity index (χ1v) is 14.7. The molecule has 0 radical (unpaired) electrons. The lowest BCUT2D eigenvalue weighted by atomic mass is 9.91. The molecule has 0 aliphatic heterocycles. The average molecular weight is 423 g/mol. The van der Waals surface area contributed by atoms with Crippen LogP contribution < -0.4 is 0 Å². The molecule has 0 spiro atoms. The van der Waals surface area contributed by atoms with Crippen molar-refractivity contribution < 1.29 is 22.8 Å². The van der Waals surface area contributed by atoms with Gasteiger partial charge in [0, 0.05) is 5.92 Å². The van der Waals surface area contributed by atoms with E-state index in [1.54, 1.807) is 20.8 Å². The van der Waals surface area contributed by atoms with E-state index < -0.39 is 21.6 Å². The molecule has 0 aliphatic carbocycles. The van der Waals surface area contributed by atoms with Gasteiger partial charge in [0.2, 0.25) is 0 Å². The van der Waals surface area contributed by atoms with Crippen molar-refractivity contribution in [3.05, 3.63) is 0 Å². The molecule has 0 saturated heterocycles. The predicted octanol–water partition coefficient (Wildman–Crippen LogP) is 6.28. The highest BCUT2D eigenvalue weighted by atomic mass is 31.2. The maximum atomic E-state index is 13.2. The van der Waals surface area contributed by atoms with E-state index in [4.69, 9.17) is 13.5 Å². The fourth-order valence-corrected chi connectivity index (χ4v) is 5.91. The van der Waals surface area contributed by atoms with Gasteiger partial charge in [0.25, 0.3) is 0 Å². The minimum Gasteiger partial charge on any atom is -0.413 e. The third-order valence-electron chi connectivity index (χ3n) is 5.47. The van der Waals surface area contributed by atoms with Crippen molar-refractivity contribution in [2.45, 2.75) is 98.6 Å². The second-order valence-electron chi connectivity index (χ2n) is 9.29. The molecule has 1 unspecified atom stereocenters. The molecule has 0 fully saturated rings. The van der Waals surface area contributed by atoms with Crippen LogP contribution in [0.5, 0.6) is 0 Å². The molecule has 0 aromatic heterocycles. The van der Waals surface area contributed by atoms with Crippen LogP contribution in [0.1, 0.15) is 68.7 Å². The Morgan fingerprint density at radius 3 is 1.78 bits per heavy atom. The molecule has 3 atom stereocenters. The number of carbonyl (C=O) groups is 1. The summed E-state index contributed by atoms with van der Waals surface area (Å²) in [6.45, 7) is 22.8. The zero-order chi connectivity index (χ0) is 21.6. The molecule has 0 saturated carbocycles. The van der Waals surface area contributed by atoms with E-state index in [1.807, 2.05) is 6.92 Å². The molecule has 0 heterocycles. The highest BCUT2D eigenvalue weighted by molar-refractivity contribution is 7.55. The van der Waals surface area contributed by atoms with Crippen molar-refractivity contribution in [1.29, 1.82) is 0 Å². The molecule has 0 N–H and O–H groups in total. The minimum atomic E-state index is -3.47. The number of hydrogen-bond acceptors (Lipinski definition) is 5. The van der Waals surface area contributed by atoms with E-state index in [0.717, 1.165) is 6.42 Å². The molecular weight excluding hydrogens is 379 g/mol. The van der Waals surface area contributed by atoms with E-state index in [1.165, 1.54) is 0 Å². The van der Waals surface area contributed by atoms with Crippen LogP contribution in [0.4, 0.5) is 0 Å². The van der Waals surface area contributed by atoms with Crippen molar-refractivity contribution in [1.82, 2.24) is 0 Å². The highest BCUT2D eigenvalue weighted by Crippen LogP contribution is 2.54. The summed E-state index contributed by atoms with van der Waals surface area (Å²) in [5, 5.41) is 0.0581. The van der Waals surface area contributed by atoms with Crippen LogP contribution in [-0.4, -0.2) is 39.1 Å². The van der Waals surface area contributed by atoms with E-state index >= 15 is 0 Å². The van der Waals surface area contributed by atoms with Crippen LogP contribution in [0.2, 0.25) is 18.1 Å². The standard InChI is InChI=1S/C20H43O5PSi/c1-12-23-26(22,24-13-2)17(6)19(21)16(5)18(14-15(3)4)25-27(10,11)20(7,8)9/h15-18H,12-14H2,1-11H3/t16-,17?,18-/m0/s1. The third kappa shape index (κ3) is 7.73. The molecule has 7 heteroatoms. The van der Waals surface area contributed by atoms with Crippen molar-refractivity contribution >= 4 is 21.7 Å². The summed E-state index contributed by atoms with van der Waals surface area (Å²) in [7, 11) is -5.51. The first-order chi connectivity index (χ1) is 12.1. The molecule has 0 aromatic carbocycles. The zero-order valence-electron chi connectivity index (χ0n) is 19.4. The SMILES string of the molecule is CCOP(=O)(OCC)C(C)C(=O)[C@@H](C)[C@H](CC(C)C)O[Si](C)(C)C(C)(C)C. The molecule has 0 amide bonds. The van der Waals surface area contributed by atoms with Gasteiger partial charge >= 0.3 is 7.60 Å². The van der Waals surface area contributed by atoms with Crippen molar-refractivity contribution in [2.24, 2.45) is 11.8 Å². The quantitative estimate of drug-likeness (QED) is 0.273. The minimum absolute atomic E-state index is 0.0581. The van der Waals surface area contributed by atoms with Crippen LogP contribution in [0.25, 0.3) is 0 Å². The summed E-state index contributed by atoms with van der Waals surface area (Å²) >= 11 is 0. The predicted molar refractivity (Wildman–Crippen MR) is 116 cm³/mol. The van der Waals surface area contributed by atoms with Crippen LogP contribution in [-0.2, 0) is 22.8 Å². The molecule has 0 rings (SSSR count). The summed E-state index contributed by atoms with van der Waals surface area (Å²) in [5.41, 5.74) is -0.801. The highest BCUT2D eigenvalue weighted by Gasteiger charge is 2.44. The van der Waals surface area contributed by atoms with E-state index in [0.29, 0.717) is 5.92 Å². The van der Waals surface area contributed by atoms with E-state index in [9.17, 15) is 9.36 Å². The van der Waals surface area contributed by atoms with Crippen molar-refractivity contribution in [3.63, 3.8) is 0 Å². The Morgan fingerprint density at radius 2 is 1.44 bits per heavy atom. The van der Waals surface area contributed by atoms with Gasteiger partial charge in [0.1, 0.15) is 5.66 Å². The Hall–Kier alpha value is -0.00312. The summed E-state index contributed by atoms with van der Waals surface area (Å²) in [5.74, 6) is -0.0775. The van der Waals surface area contributed by atoms with Gasteiger partial charge in [0.05, 0.1) is 19.3 Å². The normalized spacial score (nSPS) is 17.0. The largest absolute Gasteiger partial charge is 0.413 e. The van der Waals surface area contributed by atoms with Crippen LogP contribution in [0.15, 0.2) is 0 Å². The summed E-state index contributed by atoms with van der Waals surface area (Å²) in [6.07, 6.45) is 0.595. The smallest absolute Gasteiger partial charge is 0.340 e. The van der Waals surface area contributed by atoms with Crippen LogP contribution in [0.3, 0.4) is 0 Å². The van der Waals surface area contributed by atoms with Crippen LogP contribution >= 0.6 is 7.60 Å². The first kappa shape index (κ1) is 27.0. The maximum Gasteiger partial charge on any atom is 0.340 e. The lowest BCUT2D eigenvalue weighted by Crippen LogP contribution is -2.47. The zero-order valence-corrected chi connectivity index (χ0v) is 21.3. The Morgan fingerprint density at radius 1 is 1.00 bits per heavy atom. The Balaban J connectivity index is 5.62. The van der Waals surface area contributed by atoms with Gasteiger partial charge in [-0.3, -0.25) is 9.36 Å². The number of carbonyl (C=O) groups excluding carboxylic acids is 1. The van der Waals surface area contributed by atoms with E-state index in [-0.39, 0.29) is 36.1 Å².